The molecule has 1 heterocycles. The number of carbonyl (C=O) groups is 2. The largest absolute Gasteiger partial charge is 0.480 e. The van der Waals surface area contributed by atoms with E-state index < -0.39 is 23.6 Å². The fraction of sp³-hybridized carbons (Fsp3) is 0.429. The number of carboxylic acid groups (broad SMARTS) is 1. The highest BCUT2D eigenvalue weighted by molar-refractivity contribution is 5.84. The summed E-state index contributed by atoms with van der Waals surface area (Å²) in [7, 11) is 0. The highest BCUT2D eigenvalue weighted by atomic mass is 19.2. The normalized spacial score (nSPS) is 18.3. The zero-order valence-corrected chi connectivity index (χ0v) is 10.8. The average molecular weight is 283 g/mol. The zero-order chi connectivity index (χ0) is 14.7. The van der Waals surface area contributed by atoms with Crippen molar-refractivity contribution >= 4 is 11.9 Å². The van der Waals surface area contributed by atoms with E-state index in [4.69, 9.17) is 5.11 Å². The first kappa shape index (κ1) is 14.4. The van der Waals surface area contributed by atoms with Gasteiger partial charge in [-0.1, -0.05) is 6.07 Å². The van der Waals surface area contributed by atoms with Crippen LogP contribution in [0, 0.1) is 11.6 Å². The van der Waals surface area contributed by atoms with Crippen molar-refractivity contribution in [3.63, 3.8) is 0 Å². The summed E-state index contributed by atoms with van der Waals surface area (Å²) < 4.78 is 25.8. The Hall–Kier alpha value is -1.98. The van der Waals surface area contributed by atoms with Gasteiger partial charge in [-0.2, -0.15) is 0 Å². The molecule has 108 valence electrons. The molecule has 1 aromatic rings. The van der Waals surface area contributed by atoms with Crippen LogP contribution in [0.4, 0.5) is 8.78 Å². The molecule has 1 amide bonds. The Morgan fingerprint density at radius 2 is 2.05 bits per heavy atom. The summed E-state index contributed by atoms with van der Waals surface area (Å²) in [4.78, 5) is 24.3. The lowest BCUT2D eigenvalue weighted by atomic mass is 10.1. The third-order valence-electron chi connectivity index (χ3n) is 3.47. The van der Waals surface area contributed by atoms with Crippen molar-refractivity contribution < 1.29 is 23.5 Å². The number of aryl methyl sites for hydroxylation is 1. The van der Waals surface area contributed by atoms with Crippen LogP contribution in [0.25, 0.3) is 0 Å². The molecule has 2 rings (SSSR count). The lowest BCUT2D eigenvalue weighted by Crippen LogP contribution is -2.40. The number of halogens is 2. The first-order valence-corrected chi connectivity index (χ1v) is 6.45. The number of benzene rings is 1. The molecule has 0 radical (unpaired) electrons. The minimum Gasteiger partial charge on any atom is -0.480 e. The molecule has 0 unspecified atom stereocenters. The summed E-state index contributed by atoms with van der Waals surface area (Å²) in [6, 6.07) is 2.74. The highest BCUT2D eigenvalue weighted by Gasteiger charge is 2.33. The van der Waals surface area contributed by atoms with Crippen LogP contribution >= 0.6 is 0 Å². The number of carboxylic acids is 1. The van der Waals surface area contributed by atoms with E-state index in [9.17, 15) is 18.4 Å². The van der Waals surface area contributed by atoms with E-state index in [0.717, 1.165) is 12.1 Å². The number of carbonyl (C=O) groups excluding carboxylic acids is 1. The smallest absolute Gasteiger partial charge is 0.326 e. The summed E-state index contributed by atoms with van der Waals surface area (Å²) in [5, 5.41) is 9.00. The molecule has 0 spiro atoms. The van der Waals surface area contributed by atoms with Crippen LogP contribution in [-0.4, -0.2) is 34.5 Å². The van der Waals surface area contributed by atoms with Crippen molar-refractivity contribution in [1.29, 1.82) is 0 Å². The number of likely N-dealkylation sites (tertiary alicyclic amines) is 1. The van der Waals surface area contributed by atoms with Gasteiger partial charge in [0.25, 0.3) is 0 Å². The Bertz CT molecular complexity index is 533. The minimum absolute atomic E-state index is 0.0921. The second kappa shape index (κ2) is 5.98. The number of aliphatic carboxylic acids is 1. The van der Waals surface area contributed by atoms with Crippen molar-refractivity contribution in [3.8, 4) is 0 Å². The summed E-state index contributed by atoms with van der Waals surface area (Å²) in [6.45, 7) is 0.438. The van der Waals surface area contributed by atoms with Gasteiger partial charge in [-0.15, -0.1) is 0 Å². The summed E-state index contributed by atoms with van der Waals surface area (Å²) in [5.41, 5.74) is 0.517. The highest BCUT2D eigenvalue weighted by Crippen LogP contribution is 2.19. The molecule has 1 saturated heterocycles. The first-order chi connectivity index (χ1) is 9.49. The van der Waals surface area contributed by atoms with E-state index in [2.05, 4.69) is 0 Å². The molecule has 0 aromatic heterocycles. The Labute approximate surface area is 115 Å². The fourth-order valence-corrected chi connectivity index (χ4v) is 2.41. The standard InChI is InChI=1S/C14H15F2NO3/c15-10-5-3-9(8-11(10)16)4-6-13(18)17-7-1-2-12(17)14(19)20/h3,5,8,12H,1-2,4,6-7H2,(H,19,20)/t12-/m0/s1. The predicted octanol–water partition coefficient (Wildman–Crippen LogP) is 1.97. The lowest BCUT2D eigenvalue weighted by Gasteiger charge is -2.21. The summed E-state index contributed by atoms with van der Waals surface area (Å²) >= 11 is 0. The number of hydrogen-bond acceptors (Lipinski definition) is 2. The van der Waals surface area contributed by atoms with Crippen molar-refractivity contribution in [1.82, 2.24) is 4.90 Å². The molecule has 1 aromatic carbocycles. The third-order valence-corrected chi connectivity index (χ3v) is 3.47. The van der Waals surface area contributed by atoms with Gasteiger partial charge in [0.1, 0.15) is 6.04 Å². The molecular weight excluding hydrogens is 268 g/mol. The van der Waals surface area contributed by atoms with Crippen LogP contribution < -0.4 is 0 Å². The number of nitrogens with zero attached hydrogens (tertiary/aromatic N) is 1. The van der Waals surface area contributed by atoms with Gasteiger partial charge in [0, 0.05) is 13.0 Å². The summed E-state index contributed by atoms with van der Waals surface area (Å²) in [6.07, 6.45) is 1.49. The van der Waals surface area contributed by atoms with Gasteiger partial charge in [0.05, 0.1) is 0 Å². The molecule has 1 aliphatic rings. The molecule has 1 N–H and O–H groups in total. The SMILES string of the molecule is O=C(O)[C@@H]1CCCN1C(=O)CCc1ccc(F)c(F)c1. The van der Waals surface area contributed by atoms with E-state index in [-0.39, 0.29) is 18.7 Å². The van der Waals surface area contributed by atoms with Crippen LogP contribution in [0.3, 0.4) is 0 Å². The Balaban J connectivity index is 1.94. The van der Waals surface area contributed by atoms with E-state index in [1.54, 1.807) is 0 Å². The molecular formula is C14H15F2NO3. The van der Waals surface area contributed by atoms with Gasteiger partial charge in [-0.25, -0.2) is 13.6 Å². The van der Waals surface area contributed by atoms with E-state index >= 15 is 0 Å². The van der Waals surface area contributed by atoms with Crippen molar-refractivity contribution in [2.45, 2.75) is 31.7 Å². The maximum atomic E-state index is 13.0. The minimum atomic E-state index is -0.997. The Morgan fingerprint density at radius 3 is 2.70 bits per heavy atom. The molecule has 1 aliphatic heterocycles. The molecule has 1 fully saturated rings. The Morgan fingerprint density at radius 1 is 1.30 bits per heavy atom. The molecule has 20 heavy (non-hydrogen) atoms. The Kier molecular flexibility index (Phi) is 4.32. The molecule has 6 heteroatoms. The first-order valence-electron chi connectivity index (χ1n) is 6.45. The van der Waals surface area contributed by atoms with Crippen molar-refractivity contribution in [3.05, 3.63) is 35.4 Å². The number of rotatable bonds is 4. The van der Waals surface area contributed by atoms with Crippen molar-refractivity contribution in [2.75, 3.05) is 6.54 Å². The van der Waals surface area contributed by atoms with Gasteiger partial charge in [0.15, 0.2) is 11.6 Å². The monoisotopic (exact) mass is 283 g/mol. The quantitative estimate of drug-likeness (QED) is 0.919. The van der Waals surface area contributed by atoms with Crippen LogP contribution in [-0.2, 0) is 16.0 Å². The predicted molar refractivity (Wildman–Crippen MR) is 67.0 cm³/mol. The average Bonchev–Trinajstić information content (AvgIpc) is 2.89. The van der Waals surface area contributed by atoms with Gasteiger partial charge in [-0.05, 0) is 37.0 Å². The van der Waals surface area contributed by atoms with Crippen molar-refractivity contribution in [2.24, 2.45) is 0 Å². The molecule has 1 atom stereocenters. The molecule has 0 aliphatic carbocycles. The van der Waals surface area contributed by atoms with Crippen LogP contribution in [0.1, 0.15) is 24.8 Å². The van der Waals surface area contributed by atoms with Gasteiger partial charge >= 0.3 is 5.97 Å². The van der Waals surface area contributed by atoms with Gasteiger partial charge in [-0.3, -0.25) is 4.79 Å². The lowest BCUT2D eigenvalue weighted by molar-refractivity contribution is -0.148. The molecule has 0 bridgehead atoms. The number of hydrogen-bond donors (Lipinski definition) is 1. The second-order valence-electron chi connectivity index (χ2n) is 4.83. The van der Waals surface area contributed by atoms with E-state index in [1.807, 2.05) is 0 Å². The maximum absolute atomic E-state index is 13.0. The van der Waals surface area contributed by atoms with Crippen LogP contribution in [0.5, 0.6) is 0 Å². The fourth-order valence-electron chi connectivity index (χ4n) is 2.41. The van der Waals surface area contributed by atoms with Crippen LogP contribution in [0.2, 0.25) is 0 Å². The van der Waals surface area contributed by atoms with Gasteiger partial charge in [0.2, 0.25) is 5.91 Å². The zero-order valence-electron chi connectivity index (χ0n) is 10.8. The molecule has 4 nitrogen and oxygen atoms in total. The third kappa shape index (κ3) is 3.12. The van der Waals surface area contributed by atoms with E-state index in [1.165, 1.54) is 11.0 Å². The van der Waals surface area contributed by atoms with Crippen LogP contribution in [0.15, 0.2) is 18.2 Å². The second-order valence-corrected chi connectivity index (χ2v) is 4.83. The van der Waals surface area contributed by atoms with Gasteiger partial charge < -0.3 is 10.0 Å². The number of amides is 1. The van der Waals surface area contributed by atoms with E-state index in [0.29, 0.717) is 24.9 Å². The summed E-state index contributed by atoms with van der Waals surface area (Å²) in [5.74, 6) is -3.13. The topological polar surface area (TPSA) is 57.6 Å². The maximum Gasteiger partial charge on any atom is 0.326 e. The molecule has 0 saturated carbocycles.